The molecule has 1 saturated heterocycles. The van der Waals surface area contributed by atoms with Crippen LogP contribution in [-0.2, 0) is 4.79 Å². The Hall–Kier alpha value is -3.19. The molecule has 162 valence electrons. The number of hydrogen-bond acceptors (Lipinski definition) is 6. The Kier molecular flexibility index (Phi) is 6.04. The van der Waals surface area contributed by atoms with Gasteiger partial charge in [-0.2, -0.15) is 0 Å². The molecule has 0 bridgehead atoms. The van der Waals surface area contributed by atoms with Gasteiger partial charge < -0.3 is 20.4 Å². The first kappa shape index (κ1) is 21.1. The van der Waals surface area contributed by atoms with E-state index in [0.29, 0.717) is 17.8 Å². The number of carbonyl (C=O) groups is 1. The van der Waals surface area contributed by atoms with E-state index in [2.05, 4.69) is 10.2 Å². The summed E-state index contributed by atoms with van der Waals surface area (Å²) in [5.41, 5.74) is 2.55. The molecule has 31 heavy (non-hydrogen) atoms. The van der Waals surface area contributed by atoms with Gasteiger partial charge in [-0.1, -0.05) is 25.1 Å². The first-order chi connectivity index (χ1) is 15.0. The van der Waals surface area contributed by atoms with Crippen LogP contribution in [0.4, 0.5) is 5.82 Å². The van der Waals surface area contributed by atoms with Crippen LogP contribution >= 0.6 is 0 Å². The van der Waals surface area contributed by atoms with Crippen LogP contribution in [-0.4, -0.2) is 51.3 Å². The third-order valence-corrected chi connectivity index (χ3v) is 5.81. The van der Waals surface area contributed by atoms with Gasteiger partial charge in [-0.05, 0) is 56.0 Å². The fourth-order valence-corrected chi connectivity index (χ4v) is 3.97. The number of phenols is 1. The van der Waals surface area contributed by atoms with Crippen LogP contribution in [0.5, 0.6) is 5.75 Å². The molecule has 1 amide bonds. The molecule has 1 unspecified atom stereocenters. The highest BCUT2D eigenvalue weighted by Gasteiger charge is 2.25. The van der Waals surface area contributed by atoms with Crippen molar-refractivity contribution in [1.82, 2.24) is 15.3 Å². The van der Waals surface area contributed by atoms with Crippen molar-refractivity contribution in [2.75, 3.05) is 18.0 Å². The maximum atomic E-state index is 12.0. The van der Waals surface area contributed by atoms with Gasteiger partial charge in [0.2, 0.25) is 5.91 Å². The minimum atomic E-state index is -0.951. The molecule has 4 rings (SSSR count). The lowest BCUT2D eigenvalue weighted by Gasteiger charge is -2.34. The van der Waals surface area contributed by atoms with Crippen LogP contribution in [0.1, 0.15) is 31.7 Å². The van der Waals surface area contributed by atoms with E-state index in [-0.39, 0.29) is 17.7 Å². The van der Waals surface area contributed by atoms with Gasteiger partial charge >= 0.3 is 0 Å². The number of benzene rings is 2. The highest BCUT2D eigenvalue weighted by Crippen LogP contribution is 2.33. The van der Waals surface area contributed by atoms with Crippen LogP contribution in [0.3, 0.4) is 0 Å². The van der Waals surface area contributed by atoms with Gasteiger partial charge in [0.05, 0.1) is 11.1 Å². The number of rotatable bonds is 5. The van der Waals surface area contributed by atoms with Gasteiger partial charge in [0.15, 0.2) is 5.82 Å². The van der Waals surface area contributed by atoms with Crippen molar-refractivity contribution in [3.8, 4) is 17.1 Å². The van der Waals surface area contributed by atoms with Crippen LogP contribution < -0.4 is 10.2 Å². The van der Waals surface area contributed by atoms with Crippen LogP contribution in [0.25, 0.3) is 22.3 Å². The number of aromatic nitrogens is 2. The fourth-order valence-electron chi connectivity index (χ4n) is 3.97. The number of phenolic OH excluding ortho intramolecular Hbond substituents is 1. The van der Waals surface area contributed by atoms with Crippen molar-refractivity contribution in [2.24, 2.45) is 0 Å². The maximum absolute atomic E-state index is 12.0. The third-order valence-electron chi connectivity index (χ3n) is 5.81. The molecule has 1 aliphatic heterocycles. The molecule has 0 aliphatic carbocycles. The number of aryl methyl sites for hydroxylation is 1. The number of amides is 1. The summed E-state index contributed by atoms with van der Waals surface area (Å²) < 4.78 is 0. The van der Waals surface area contributed by atoms with Gasteiger partial charge in [-0.25, -0.2) is 9.97 Å². The number of aliphatic hydroxyl groups is 1. The van der Waals surface area contributed by atoms with Crippen LogP contribution in [0.15, 0.2) is 42.5 Å². The summed E-state index contributed by atoms with van der Waals surface area (Å²) in [6, 6.07) is 13.3. The Balaban J connectivity index is 1.63. The number of carbonyl (C=O) groups excluding carboxylic acids is 1. The summed E-state index contributed by atoms with van der Waals surface area (Å²) >= 11 is 0. The molecule has 2 heterocycles. The third kappa shape index (κ3) is 4.46. The zero-order chi connectivity index (χ0) is 22.0. The molecular weight excluding hydrogens is 392 g/mol. The molecule has 0 saturated carbocycles. The molecular formula is C24H28N4O3. The monoisotopic (exact) mass is 420 g/mol. The van der Waals surface area contributed by atoms with E-state index >= 15 is 0 Å². The summed E-state index contributed by atoms with van der Waals surface area (Å²) in [6.07, 6.45) is 0.997. The minimum absolute atomic E-state index is 0.0398. The maximum Gasteiger partial charge on any atom is 0.249 e. The van der Waals surface area contributed by atoms with Gasteiger partial charge in [-0.3, -0.25) is 4.79 Å². The van der Waals surface area contributed by atoms with E-state index < -0.39 is 6.10 Å². The molecule has 7 heteroatoms. The van der Waals surface area contributed by atoms with Crippen molar-refractivity contribution in [3.63, 3.8) is 0 Å². The number of nitrogens with one attached hydrogen (secondary N) is 1. The van der Waals surface area contributed by atoms with E-state index in [1.165, 1.54) is 0 Å². The summed E-state index contributed by atoms with van der Waals surface area (Å²) in [6.45, 7) is 5.28. The number of aliphatic hydroxyl groups excluding tert-OH is 1. The average molecular weight is 421 g/mol. The van der Waals surface area contributed by atoms with Gasteiger partial charge in [0, 0.05) is 24.5 Å². The van der Waals surface area contributed by atoms with Crippen LogP contribution in [0, 0.1) is 6.92 Å². The van der Waals surface area contributed by atoms with E-state index in [1.807, 2.05) is 37.3 Å². The predicted octanol–water partition coefficient (Wildman–Crippen LogP) is 3.17. The minimum Gasteiger partial charge on any atom is -0.507 e. The molecule has 0 spiro atoms. The number of hydrogen-bond donors (Lipinski definition) is 3. The molecule has 1 aromatic heterocycles. The lowest BCUT2D eigenvalue weighted by molar-refractivity contribution is -0.130. The Morgan fingerprint density at radius 3 is 2.65 bits per heavy atom. The largest absolute Gasteiger partial charge is 0.507 e. The standard InChI is InChI=1S/C24H28N4O3/c1-3-20(29)24(31)25-16-10-12-28(13-11-16)23-17-9-8-15(2)14-19(17)26-22(27-23)18-6-4-5-7-21(18)30/h4-9,14,16,20,29-30H,3,10-13H2,1-2H3,(H,25,31). The number of piperidine rings is 1. The van der Waals surface area contributed by atoms with Crippen LogP contribution in [0.2, 0.25) is 0 Å². The Morgan fingerprint density at radius 2 is 1.94 bits per heavy atom. The lowest BCUT2D eigenvalue weighted by Crippen LogP contribution is -2.47. The predicted molar refractivity (Wildman–Crippen MR) is 121 cm³/mol. The fraction of sp³-hybridized carbons (Fsp3) is 0.375. The number of para-hydroxylation sites is 1. The van der Waals surface area contributed by atoms with Crippen molar-refractivity contribution < 1.29 is 15.0 Å². The SMILES string of the molecule is CCC(O)C(=O)NC1CCN(c2nc(-c3ccccc3O)nc3cc(C)ccc23)CC1. The van der Waals surface area contributed by atoms with Gasteiger partial charge in [0.1, 0.15) is 17.7 Å². The summed E-state index contributed by atoms with van der Waals surface area (Å²) in [4.78, 5) is 23.8. The second-order valence-corrected chi connectivity index (χ2v) is 8.10. The first-order valence-electron chi connectivity index (χ1n) is 10.8. The highest BCUT2D eigenvalue weighted by molar-refractivity contribution is 5.92. The number of fused-ring (bicyclic) bond motifs is 1. The smallest absolute Gasteiger partial charge is 0.249 e. The molecule has 1 aliphatic rings. The topological polar surface area (TPSA) is 98.6 Å². The number of aromatic hydroxyl groups is 1. The molecule has 3 aromatic rings. The number of nitrogens with zero attached hydrogens (tertiary/aromatic N) is 3. The average Bonchev–Trinajstić information content (AvgIpc) is 2.78. The van der Waals surface area contributed by atoms with E-state index in [1.54, 1.807) is 19.1 Å². The van der Waals surface area contributed by atoms with Crippen molar-refractivity contribution >= 4 is 22.6 Å². The summed E-state index contributed by atoms with van der Waals surface area (Å²) in [7, 11) is 0. The Labute approximate surface area is 181 Å². The lowest BCUT2D eigenvalue weighted by atomic mass is 10.0. The second-order valence-electron chi connectivity index (χ2n) is 8.10. The zero-order valence-corrected chi connectivity index (χ0v) is 17.9. The quantitative estimate of drug-likeness (QED) is 0.586. The van der Waals surface area contributed by atoms with Crippen molar-refractivity contribution in [1.29, 1.82) is 0 Å². The van der Waals surface area contributed by atoms with Crippen molar-refractivity contribution in [3.05, 3.63) is 48.0 Å². The molecule has 7 nitrogen and oxygen atoms in total. The molecule has 1 atom stereocenters. The van der Waals surface area contributed by atoms with E-state index in [4.69, 9.17) is 9.97 Å². The molecule has 3 N–H and O–H groups in total. The van der Waals surface area contributed by atoms with E-state index in [9.17, 15) is 15.0 Å². The summed E-state index contributed by atoms with van der Waals surface area (Å²) in [5.74, 6) is 1.18. The normalized spacial score (nSPS) is 15.8. The Bertz CT molecular complexity index is 1090. The zero-order valence-electron chi connectivity index (χ0n) is 17.9. The number of anilines is 1. The van der Waals surface area contributed by atoms with Crippen molar-refractivity contribution in [2.45, 2.75) is 45.3 Å². The first-order valence-corrected chi connectivity index (χ1v) is 10.8. The molecule has 1 fully saturated rings. The molecule has 0 radical (unpaired) electrons. The molecule has 2 aromatic carbocycles. The second kappa shape index (κ2) is 8.89. The van der Waals surface area contributed by atoms with Gasteiger partial charge in [0.25, 0.3) is 0 Å². The van der Waals surface area contributed by atoms with Gasteiger partial charge in [-0.15, -0.1) is 0 Å². The summed E-state index contributed by atoms with van der Waals surface area (Å²) in [5, 5.41) is 24.0. The Morgan fingerprint density at radius 1 is 1.19 bits per heavy atom. The van der Waals surface area contributed by atoms with E-state index in [0.717, 1.165) is 48.2 Å². The highest BCUT2D eigenvalue weighted by atomic mass is 16.3.